The van der Waals surface area contributed by atoms with Gasteiger partial charge < -0.3 is 11.1 Å². The molecule has 13 heavy (non-hydrogen) atoms. The van der Waals surface area contributed by atoms with E-state index in [-0.39, 0.29) is 5.91 Å². The summed E-state index contributed by atoms with van der Waals surface area (Å²) in [6.45, 7) is 4.12. The Bertz CT molecular complexity index is 131. The maximum absolute atomic E-state index is 10.4. The van der Waals surface area contributed by atoms with Gasteiger partial charge in [-0.05, 0) is 37.4 Å². The van der Waals surface area contributed by atoms with E-state index in [1.807, 2.05) is 11.8 Å². The Balaban J connectivity index is 2.87. The van der Waals surface area contributed by atoms with E-state index in [1.54, 1.807) is 0 Å². The first-order valence-electron chi connectivity index (χ1n) is 4.84. The van der Waals surface area contributed by atoms with E-state index in [1.165, 1.54) is 17.9 Å². The fraction of sp³-hybridized carbons (Fsp3) is 0.889. The SMILES string of the molecule is CCSCCCNCCCC(N)=O. The average Bonchev–Trinajstić information content (AvgIpc) is 2.09. The van der Waals surface area contributed by atoms with Gasteiger partial charge in [0.2, 0.25) is 5.91 Å². The van der Waals surface area contributed by atoms with Gasteiger partial charge in [0.25, 0.3) is 0 Å². The molecule has 0 aromatic carbocycles. The van der Waals surface area contributed by atoms with Gasteiger partial charge in [0, 0.05) is 6.42 Å². The van der Waals surface area contributed by atoms with Crippen molar-refractivity contribution in [1.82, 2.24) is 5.32 Å². The quantitative estimate of drug-likeness (QED) is 0.551. The summed E-state index contributed by atoms with van der Waals surface area (Å²) in [5, 5.41) is 3.28. The third-order valence-electron chi connectivity index (χ3n) is 1.62. The summed E-state index contributed by atoms with van der Waals surface area (Å²) in [6.07, 6.45) is 2.56. The molecule has 0 saturated heterocycles. The lowest BCUT2D eigenvalue weighted by atomic mass is 10.3. The molecule has 1 amide bonds. The van der Waals surface area contributed by atoms with E-state index in [2.05, 4.69) is 12.2 Å². The first-order chi connectivity index (χ1) is 6.27. The molecular formula is C9H20N2OS. The van der Waals surface area contributed by atoms with Crippen LogP contribution in [0.5, 0.6) is 0 Å². The summed E-state index contributed by atoms with van der Waals surface area (Å²) >= 11 is 1.96. The molecule has 0 aliphatic heterocycles. The maximum atomic E-state index is 10.4. The van der Waals surface area contributed by atoms with Gasteiger partial charge in [-0.3, -0.25) is 4.79 Å². The highest BCUT2D eigenvalue weighted by Gasteiger charge is 1.93. The van der Waals surface area contributed by atoms with Crippen molar-refractivity contribution < 1.29 is 4.79 Å². The number of thioether (sulfide) groups is 1. The average molecular weight is 204 g/mol. The molecule has 0 aliphatic rings. The zero-order valence-corrected chi connectivity index (χ0v) is 9.16. The van der Waals surface area contributed by atoms with Crippen LogP contribution < -0.4 is 11.1 Å². The number of rotatable bonds is 9. The minimum absolute atomic E-state index is 0.205. The number of hydrogen-bond acceptors (Lipinski definition) is 3. The molecule has 0 radical (unpaired) electrons. The fourth-order valence-corrected chi connectivity index (χ4v) is 1.59. The molecule has 0 aromatic heterocycles. The van der Waals surface area contributed by atoms with Crippen molar-refractivity contribution in [2.75, 3.05) is 24.6 Å². The second kappa shape index (κ2) is 9.86. The first-order valence-corrected chi connectivity index (χ1v) is 5.99. The molecule has 3 nitrogen and oxygen atoms in total. The zero-order valence-electron chi connectivity index (χ0n) is 8.34. The minimum Gasteiger partial charge on any atom is -0.370 e. The van der Waals surface area contributed by atoms with E-state index in [9.17, 15) is 4.79 Å². The van der Waals surface area contributed by atoms with Gasteiger partial charge in [-0.1, -0.05) is 6.92 Å². The van der Waals surface area contributed by atoms with Crippen LogP contribution in [-0.4, -0.2) is 30.5 Å². The van der Waals surface area contributed by atoms with Crippen molar-refractivity contribution in [2.24, 2.45) is 5.73 Å². The van der Waals surface area contributed by atoms with Gasteiger partial charge in [-0.15, -0.1) is 0 Å². The lowest BCUT2D eigenvalue weighted by Crippen LogP contribution is -2.19. The van der Waals surface area contributed by atoms with Crippen LogP contribution in [-0.2, 0) is 4.79 Å². The van der Waals surface area contributed by atoms with Crippen molar-refractivity contribution in [3.8, 4) is 0 Å². The van der Waals surface area contributed by atoms with Gasteiger partial charge >= 0.3 is 0 Å². The molecule has 0 aliphatic carbocycles. The van der Waals surface area contributed by atoms with Crippen LogP contribution in [0.25, 0.3) is 0 Å². The number of nitrogens with one attached hydrogen (secondary N) is 1. The van der Waals surface area contributed by atoms with E-state index >= 15 is 0 Å². The third kappa shape index (κ3) is 11.8. The molecular weight excluding hydrogens is 184 g/mol. The van der Waals surface area contributed by atoms with E-state index < -0.39 is 0 Å². The highest BCUT2D eigenvalue weighted by Crippen LogP contribution is 1.99. The summed E-state index contributed by atoms with van der Waals surface area (Å²) in [6, 6.07) is 0. The first kappa shape index (κ1) is 12.8. The molecule has 0 fully saturated rings. The predicted octanol–water partition coefficient (Wildman–Crippen LogP) is 0.985. The van der Waals surface area contributed by atoms with Gasteiger partial charge in [-0.2, -0.15) is 11.8 Å². The molecule has 0 unspecified atom stereocenters. The second-order valence-corrected chi connectivity index (χ2v) is 4.26. The number of primary amides is 1. The Morgan fingerprint density at radius 2 is 2.08 bits per heavy atom. The molecule has 0 rings (SSSR count). The number of carbonyl (C=O) groups excluding carboxylic acids is 1. The predicted molar refractivity (Wildman–Crippen MR) is 58.9 cm³/mol. The summed E-state index contributed by atoms with van der Waals surface area (Å²) < 4.78 is 0. The topological polar surface area (TPSA) is 55.1 Å². The van der Waals surface area contributed by atoms with Crippen LogP contribution in [0, 0.1) is 0 Å². The number of amides is 1. The molecule has 0 aromatic rings. The number of carbonyl (C=O) groups is 1. The van der Waals surface area contributed by atoms with Gasteiger partial charge in [0.1, 0.15) is 0 Å². The summed E-state index contributed by atoms with van der Waals surface area (Å²) in [4.78, 5) is 10.4. The van der Waals surface area contributed by atoms with E-state index in [4.69, 9.17) is 5.73 Å². The van der Waals surface area contributed by atoms with Crippen molar-refractivity contribution in [2.45, 2.75) is 26.2 Å². The van der Waals surface area contributed by atoms with Crippen molar-refractivity contribution >= 4 is 17.7 Å². The van der Waals surface area contributed by atoms with Crippen molar-refractivity contribution in [3.63, 3.8) is 0 Å². The van der Waals surface area contributed by atoms with E-state index in [0.717, 1.165) is 19.5 Å². The third-order valence-corrected chi connectivity index (χ3v) is 2.61. The Kier molecular flexibility index (Phi) is 9.70. The standard InChI is InChI=1S/C9H20N2OS/c1-2-13-8-4-7-11-6-3-5-9(10)12/h11H,2-8H2,1H3,(H2,10,12). The minimum atomic E-state index is -0.205. The molecule has 3 N–H and O–H groups in total. The molecule has 0 bridgehead atoms. The Labute approximate surface area is 84.8 Å². The van der Waals surface area contributed by atoms with Crippen LogP contribution >= 0.6 is 11.8 Å². The smallest absolute Gasteiger partial charge is 0.217 e. The lowest BCUT2D eigenvalue weighted by molar-refractivity contribution is -0.118. The number of hydrogen-bond donors (Lipinski definition) is 2. The fourth-order valence-electron chi connectivity index (χ4n) is 0.956. The van der Waals surface area contributed by atoms with Crippen LogP contribution in [0.2, 0.25) is 0 Å². The van der Waals surface area contributed by atoms with Gasteiger partial charge in [0.05, 0.1) is 0 Å². The Morgan fingerprint density at radius 1 is 1.38 bits per heavy atom. The van der Waals surface area contributed by atoms with Crippen molar-refractivity contribution in [3.05, 3.63) is 0 Å². The molecule has 78 valence electrons. The summed E-state index contributed by atoms with van der Waals surface area (Å²) in [7, 11) is 0. The van der Waals surface area contributed by atoms with Crippen LogP contribution in [0.4, 0.5) is 0 Å². The second-order valence-electron chi connectivity index (χ2n) is 2.87. The van der Waals surface area contributed by atoms with E-state index in [0.29, 0.717) is 6.42 Å². The van der Waals surface area contributed by atoms with Crippen molar-refractivity contribution in [1.29, 1.82) is 0 Å². The monoisotopic (exact) mass is 204 g/mol. The summed E-state index contributed by atoms with van der Waals surface area (Å²) in [5.74, 6) is 2.21. The van der Waals surface area contributed by atoms with Crippen LogP contribution in [0.1, 0.15) is 26.2 Å². The molecule has 0 atom stereocenters. The molecule has 4 heteroatoms. The zero-order chi connectivity index (χ0) is 9.94. The molecule has 0 heterocycles. The summed E-state index contributed by atoms with van der Waals surface area (Å²) in [5.41, 5.74) is 5.00. The highest BCUT2D eigenvalue weighted by molar-refractivity contribution is 7.99. The van der Waals surface area contributed by atoms with Crippen LogP contribution in [0.3, 0.4) is 0 Å². The Hall–Kier alpha value is -0.220. The number of nitrogens with two attached hydrogens (primary N) is 1. The van der Waals surface area contributed by atoms with Gasteiger partial charge in [0.15, 0.2) is 0 Å². The van der Waals surface area contributed by atoms with Crippen LogP contribution in [0.15, 0.2) is 0 Å². The lowest BCUT2D eigenvalue weighted by Gasteiger charge is -2.02. The molecule has 0 spiro atoms. The normalized spacial score (nSPS) is 10.2. The Morgan fingerprint density at radius 3 is 2.69 bits per heavy atom. The highest BCUT2D eigenvalue weighted by atomic mass is 32.2. The van der Waals surface area contributed by atoms with Gasteiger partial charge in [-0.25, -0.2) is 0 Å². The molecule has 0 saturated carbocycles. The largest absolute Gasteiger partial charge is 0.370 e. The maximum Gasteiger partial charge on any atom is 0.217 e.